The summed E-state index contributed by atoms with van der Waals surface area (Å²) >= 11 is 0. The van der Waals surface area contributed by atoms with Crippen molar-refractivity contribution in [3.63, 3.8) is 0 Å². The van der Waals surface area contributed by atoms with Crippen LogP contribution >= 0.6 is 0 Å². The molecule has 0 aliphatic rings. The number of non-ortho nitro benzene ring substituents is 1. The fourth-order valence-corrected chi connectivity index (χ4v) is 1.88. The first-order valence-electron chi connectivity index (χ1n) is 6.76. The molecule has 0 bridgehead atoms. The zero-order valence-corrected chi connectivity index (χ0v) is 12.4. The van der Waals surface area contributed by atoms with Crippen LogP contribution in [0.15, 0.2) is 47.1 Å². The third-order valence-electron chi connectivity index (χ3n) is 3.12. The third kappa shape index (κ3) is 4.40. The van der Waals surface area contributed by atoms with E-state index < -0.39 is 10.8 Å². The van der Waals surface area contributed by atoms with E-state index in [1.54, 1.807) is 19.2 Å². The first-order chi connectivity index (χ1) is 11.0. The van der Waals surface area contributed by atoms with Crippen molar-refractivity contribution in [3.05, 3.63) is 64.1 Å². The molecule has 1 N–H and O–H groups in total. The van der Waals surface area contributed by atoms with E-state index in [0.717, 1.165) is 6.07 Å². The van der Waals surface area contributed by atoms with Gasteiger partial charge in [0.2, 0.25) is 5.91 Å². The number of nitrogens with one attached hydrogen (secondary N) is 1. The number of nitro benzene ring substituents is 1. The molecule has 0 saturated heterocycles. The summed E-state index contributed by atoms with van der Waals surface area (Å²) < 4.78 is 5.14. The molecule has 0 aliphatic heterocycles. The molecule has 8 heteroatoms. The van der Waals surface area contributed by atoms with Crippen molar-refractivity contribution in [1.82, 2.24) is 10.2 Å². The maximum absolute atomic E-state index is 11.9. The van der Waals surface area contributed by atoms with Gasteiger partial charge in [0.25, 0.3) is 11.6 Å². The van der Waals surface area contributed by atoms with Crippen LogP contribution in [0.1, 0.15) is 16.1 Å². The molecule has 0 radical (unpaired) electrons. The van der Waals surface area contributed by atoms with Gasteiger partial charge < -0.3 is 14.6 Å². The highest BCUT2D eigenvalue weighted by molar-refractivity contribution is 5.96. The van der Waals surface area contributed by atoms with Gasteiger partial charge in [-0.25, -0.2) is 0 Å². The van der Waals surface area contributed by atoms with Crippen LogP contribution < -0.4 is 5.32 Å². The molecule has 2 aromatic rings. The lowest BCUT2D eigenvalue weighted by Gasteiger charge is -2.16. The van der Waals surface area contributed by atoms with Crippen LogP contribution in [0.3, 0.4) is 0 Å². The van der Waals surface area contributed by atoms with Gasteiger partial charge in [-0.2, -0.15) is 0 Å². The summed E-state index contributed by atoms with van der Waals surface area (Å²) in [6, 6.07) is 8.77. The Morgan fingerprint density at radius 1 is 1.30 bits per heavy atom. The third-order valence-corrected chi connectivity index (χ3v) is 3.12. The molecule has 0 aliphatic carbocycles. The van der Waals surface area contributed by atoms with Gasteiger partial charge in [-0.15, -0.1) is 0 Å². The number of likely N-dealkylation sites (N-methyl/N-ethyl adjacent to an activating group) is 1. The standard InChI is InChI=1S/C15H15N3O5/c1-17(10-13-6-3-7-23-13)14(19)9-16-15(20)11-4-2-5-12(8-11)18(21)22/h2-8H,9-10H2,1H3,(H,16,20). The Balaban J connectivity index is 1.89. The second kappa shape index (κ2) is 7.21. The van der Waals surface area contributed by atoms with Crippen LogP contribution in [0.4, 0.5) is 5.69 Å². The molecule has 2 amide bonds. The van der Waals surface area contributed by atoms with Gasteiger partial charge in [-0.05, 0) is 18.2 Å². The largest absolute Gasteiger partial charge is 0.467 e. The van der Waals surface area contributed by atoms with Crippen molar-refractivity contribution in [3.8, 4) is 0 Å². The molecule has 2 rings (SSSR count). The van der Waals surface area contributed by atoms with E-state index in [9.17, 15) is 19.7 Å². The van der Waals surface area contributed by atoms with Gasteiger partial charge in [-0.3, -0.25) is 19.7 Å². The van der Waals surface area contributed by atoms with E-state index in [-0.39, 0.29) is 23.7 Å². The molecule has 1 aromatic heterocycles. The van der Waals surface area contributed by atoms with Gasteiger partial charge in [0.05, 0.1) is 24.3 Å². The van der Waals surface area contributed by atoms with Crippen molar-refractivity contribution in [2.24, 2.45) is 0 Å². The predicted molar refractivity (Wildman–Crippen MR) is 80.6 cm³/mol. The zero-order chi connectivity index (χ0) is 16.8. The normalized spacial score (nSPS) is 10.1. The summed E-state index contributed by atoms with van der Waals surface area (Å²) in [6.07, 6.45) is 1.51. The molecule has 120 valence electrons. The first-order valence-corrected chi connectivity index (χ1v) is 6.76. The van der Waals surface area contributed by atoms with Gasteiger partial charge in [-0.1, -0.05) is 6.07 Å². The zero-order valence-electron chi connectivity index (χ0n) is 12.4. The predicted octanol–water partition coefficient (Wildman–Crippen LogP) is 1.58. The topological polar surface area (TPSA) is 106 Å². The van der Waals surface area contributed by atoms with Crippen molar-refractivity contribution >= 4 is 17.5 Å². The molecule has 1 heterocycles. The van der Waals surface area contributed by atoms with Gasteiger partial charge in [0.1, 0.15) is 5.76 Å². The van der Waals surface area contributed by atoms with E-state index in [0.29, 0.717) is 12.3 Å². The lowest BCUT2D eigenvalue weighted by atomic mass is 10.2. The maximum atomic E-state index is 11.9. The quantitative estimate of drug-likeness (QED) is 0.643. The minimum atomic E-state index is -0.584. The number of nitro groups is 1. The molecule has 0 spiro atoms. The van der Waals surface area contributed by atoms with E-state index >= 15 is 0 Å². The molecule has 0 fully saturated rings. The summed E-state index contributed by atoms with van der Waals surface area (Å²) in [4.78, 5) is 35.4. The fraction of sp³-hybridized carbons (Fsp3) is 0.200. The van der Waals surface area contributed by atoms with Crippen molar-refractivity contribution in [1.29, 1.82) is 0 Å². The maximum Gasteiger partial charge on any atom is 0.270 e. The average molecular weight is 317 g/mol. The Morgan fingerprint density at radius 2 is 2.09 bits per heavy atom. The van der Waals surface area contributed by atoms with Crippen molar-refractivity contribution in [2.45, 2.75) is 6.54 Å². The smallest absolute Gasteiger partial charge is 0.270 e. The molecule has 8 nitrogen and oxygen atoms in total. The number of benzene rings is 1. The molecule has 0 saturated carbocycles. The molecule has 0 unspecified atom stereocenters. The highest BCUT2D eigenvalue weighted by Gasteiger charge is 2.15. The molecule has 1 aromatic carbocycles. The van der Waals surface area contributed by atoms with Gasteiger partial charge in [0.15, 0.2) is 0 Å². The van der Waals surface area contributed by atoms with E-state index in [4.69, 9.17) is 4.42 Å². The average Bonchev–Trinajstić information content (AvgIpc) is 3.05. The van der Waals surface area contributed by atoms with Crippen LogP contribution in [0.25, 0.3) is 0 Å². The minimum absolute atomic E-state index is 0.126. The van der Waals surface area contributed by atoms with Gasteiger partial charge >= 0.3 is 0 Å². The number of carbonyl (C=O) groups excluding carboxylic acids is 2. The molecular formula is C15H15N3O5. The summed E-state index contributed by atoms with van der Waals surface area (Å²) in [5.74, 6) is -0.223. The van der Waals surface area contributed by atoms with Crippen LogP contribution in [0.5, 0.6) is 0 Å². The van der Waals surface area contributed by atoms with Crippen molar-refractivity contribution < 1.29 is 18.9 Å². The lowest BCUT2D eigenvalue weighted by Crippen LogP contribution is -2.37. The molecule has 23 heavy (non-hydrogen) atoms. The Kier molecular flexibility index (Phi) is 5.08. The number of carbonyl (C=O) groups is 2. The van der Waals surface area contributed by atoms with Gasteiger partial charge in [0, 0.05) is 24.7 Å². The number of furan rings is 1. The minimum Gasteiger partial charge on any atom is -0.467 e. The second-order valence-corrected chi connectivity index (χ2v) is 4.82. The summed E-state index contributed by atoms with van der Waals surface area (Å²) in [5, 5.41) is 13.1. The summed E-state index contributed by atoms with van der Waals surface area (Å²) in [5.41, 5.74) is -0.0559. The SMILES string of the molecule is CN(Cc1ccco1)C(=O)CNC(=O)c1cccc([N+](=O)[O-])c1. The van der Waals surface area contributed by atoms with Crippen LogP contribution in [0, 0.1) is 10.1 Å². The van der Waals surface area contributed by atoms with Crippen LogP contribution in [0.2, 0.25) is 0 Å². The summed E-state index contributed by atoms with van der Waals surface area (Å²) in [6.45, 7) is 0.0806. The van der Waals surface area contributed by atoms with E-state index in [1.165, 1.54) is 29.4 Å². The van der Waals surface area contributed by atoms with Crippen molar-refractivity contribution in [2.75, 3.05) is 13.6 Å². The second-order valence-electron chi connectivity index (χ2n) is 4.82. The number of rotatable bonds is 6. The Bertz CT molecular complexity index is 712. The van der Waals surface area contributed by atoms with E-state index in [2.05, 4.69) is 5.32 Å². The Morgan fingerprint density at radius 3 is 2.74 bits per heavy atom. The monoisotopic (exact) mass is 317 g/mol. The number of hydrogen-bond acceptors (Lipinski definition) is 5. The number of hydrogen-bond donors (Lipinski definition) is 1. The van der Waals surface area contributed by atoms with Crippen LogP contribution in [-0.2, 0) is 11.3 Å². The van der Waals surface area contributed by atoms with E-state index in [1.807, 2.05) is 0 Å². The van der Waals surface area contributed by atoms with Crippen LogP contribution in [-0.4, -0.2) is 35.2 Å². The first kappa shape index (κ1) is 16.2. The fourth-order valence-electron chi connectivity index (χ4n) is 1.88. The highest BCUT2D eigenvalue weighted by atomic mass is 16.6. The molecular weight excluding hydrogens is 302 g/mol. The molecule has 0 atom stereocenters. The number of nitrogens with zero attached hydrogens (tertiary/aromatic N) is 2. The highest BCUT2D eigenvalue weighted by Crippen LogP contribution is 2.12. The summed E-state index contributed by atoms with van der Waals surface area (Å²) in [7, 11) is 1.59. The Hall–Kier alpha value is -3.16. The number of amides is 2. The Labute approximate surface area is 131 Å². The lowest BCUT2D eigenvalue weighted by molar-refractivity contribution is -0.384.